The van der Waals surface area contributed by atoms with E-state index in [0.717, 1.165) is 12.1 Å². The molecule has 11 heteroatoms. The Morgan fingerprint density at radius 3 is 2.09 bits per heavy atom. The molecule has 0 fully saturated rings. The van der Waals surface area contributed by atoms with E-state index in [4.69, 9.17) is 9.47 Å². The van der Waals surface area contributed by atoms with Gasteiger partial charge in [0, 0.05) is 6.42 Å². The molecule has 0 aliphatic carbocycles. The molecule has 0 saturated heterocycles. The molecule has 0 bridgehead atoms. The maximum atomic E-state index is 12.9. The molecular formula is C23H24Br2F3NO5. The number of nitrogens with one attached hydrogen (secondary N) is 1. The van der Waals surface area contributed by atoms with Gasteiger partial charge in [0.2, 0.25) is 0 Å². The number of aliphatic carboxylic acids is 1. The Kier molecular flexibility index (Phi) is 8.68. The van der Waals surface area contributed by atoms with Gasteiger partial charge >= 0.3 is 18.2 Å². The third-order valence-electron chi connectivity index (χ3n) is 4.50. The normalized spacial score (nSPS) is 13.7. The molecule has 0 spiro atoms. The van der Waals surface area contributed by atoms with Crippen LogP contribution in [0.4, 0.5) is 18.0 Å². The smallest absolute Gasteiger partial charge is 0.416 e. The van der Waals surface area contributed by atoms with Gasteiger partial charge in [-0.25, -0.2) is 9.59 Å². The monoisotopic (exact) mass is 609 g/mol. The fourth-order valence-electron chi connectivity index (χ4n) is 2.96. The summed E-state index contributed by atoms with van der Waals surface area (Å²) in [6.07, 6.45) is -5.40. The highest BCUT2D eigenvalue weighted by atomic mass is 79.9. The van der Waals surface area contributed by atoms with Gasteiger partial charge in [-0.05, 0) is 94.9 Å². The van der Waals surface area contributed by atoms with Crippen LogP contribution in [0.15, 0.2) is 45.3 Å². The molecule has 2 aromatic rings. The molecule has 2 aromatic carbocycles. The van der Waals surface area contributed by atoms with E-state index in [9.17, 15) is 27.9 Å². The number of alkyl carbamates (subject to hydrolysis) is 1. The zero-order valence-electron chi connectivity index (χ0n) is 18.8. The Morgan fingerprint density at radius 1 is 1.00 bits per heavy atom. The van der Waals surface area contributed by atoms with Crippen molar-refractivity contribution in [2.24, 2.45) is 0 Å². The number of carbonyl (C=O) groups is 2. The summed E-state index contributed by atoms with van der Waals surface area (Å²) < 4.78 is 50.6. The summed E-state index contributed by atoms with van der Waals surface area (Å²) >= 11 is 6.72. The first kappa shape index (κ1) is 28.0. The van der Waals surface area contributed by atoms with E-state index >= 15 is 0 Å². The van der Waals surface area contributed by atoms with Crippen molar-refractivity contribution in [3.63, 3.8) is 0 Å². The summed E-state index contributed by atoms with van der Waals surface area (Å²) in [4.78, 5) is 24.1. The molecule has 0 radical (unpaired) electrons. The zero-order chi connectivity index (χ0) is 25.9. The molecule has 0 saturated carbocycles. The van der Waals surface area contributed by atoms with Crippen LogP contribution < -0.4 is 10.1 Å². The highest BCUT2D eigenvalue weighted by Crippen LogP contribution is 2.37. The molecule has 0 aliphatic rings. The van der Waals surface area contributed by atoms with Crippen molar-refractivity contribution in [3.05, 3.63) is 62.0 Å². The van der Waals surface area contributed by atoms with Crippen LogP contribution in [0.25, 0.3) is 0 Å². The average molecular weight is 611 g/mol. The Balaban J connectivity index is 2.19. The first-order chi connectivity index (χ1) is 15.5. The van der Waals surface area contributed by atoms with E-state index in [2.05, 4.69) is 37.2 Å². The SMILES string of the molecule is CC(C)(C)OC(=O)NC(C)(Cc1cc(Br)c(OCc2cccc(C(F)(F)F)c2)c(Br)c1)C(=O)O. The number of amides is 1. The summed E-state index contributed by atoms with van der Waals surface area (Å²) in [5.41, 5.74) is -2.35. The molecule has 0 heterocycles. The standard InChI is InChI=1S/C23H24Br2F3NO5/c1-21(2,3)34-20(32)29-22(4,19(30)31)11-14-9-16(24)18(17(25)10-14)33-12-13-6-5-7-15(8-13)23(26,27)28/h5-10H,11-12H2,1-4H3,(H,29,32)(H,30,31). The Labute approximate surface area is 212 Å². The van der Waals surface area contributed by atoms with Crippen LogP contribution in [0, 0.1) is 0 Å². The molecule has 0 aromatic heterocycles. The predicted molar refractivity (Wildman–Crippen MR) is 127 cm³/mol. The minimum atomic E-state index is -4.46. The number of carboxylic acids is 1. The van der Waals surface area contributed by atoms with Gasteiger partial charge in [-0.15, -0.1) is 0 Å². The minimum Gasteiger partial charge on any atom is -0.487 e. The largest absolute Gasteiger partial charge is 0.487 e. The molecule has 1 amide bonds. The predicted octanol–water partition coefficient (Wildman–Crippen LogP) is 6.72. The highest BCUT2D eigenvalue weighted by Gasteiger charge is 2.37. The van der Waals surface area contributed by atoms with Crippen LogP contribution in [-0.4, -0.2) is 28.3 Å². The lowest BCUT2D eigenvalue weighted by atomic mass is 9.93. The van der Waals surface area contributed by atoms with Crippen molar-refractivity contribution in [3.8, 4) is 5.75 Å². The van der Waals surface area contributed by atoms with E-state index in [-0.39, 0.29) is 13.0 Å². The second-order valence-corrected chi connectivity index (χ2v) is 10.5. The van der Waals surface area contributed by atoms with Crippen molar-refractivity contribution in [1.82, 2.24) is 5.32 Å². The van der Waals surface area contributed by atoms with Gasteiger partial charge in [0.1, 0.15) is 23.5 Å². The van der Waals surface area contributed by atoms with Crippen molar-refractivity contribution < 1.29 is 37.3 Å². The van der Waals surface area contributed by atoms with Gasteiger partial charge in [-0.3, -0.25) is 0 Å². The topological polar surface area (TPSA) is 84.9 Å². The Bertz CT molecular complexity index is 1050. The first-order valence-corrected chi connectivity index (χ1v) is 11.6. The molecular weight excluding hydrogens is 587 g/mol. The lowest BCUT2D eigenvalue weighted by Crippen LogP contribution is -2.54. The first-order valence-electron chi connectivity index (χ1n) is 10.0. The average Bonchev–Trinajstić information content (AvgIpc) is 2.65. The molecule has 1 atom stereocenters. The number of benzene rings is 2. The van der Waals surface area contributed by atoms with Crippen molar-refractivity contribution in [2.75, 3.05) is 0 Å². The summed E-state index contributed by atoms with van der Waals surface area (Å²) in [6, 6.07) is 8.05. The van der Waals surface area contributed by atoms with Crippen molar-refractivity contribution >= 4 is 43.9 Å². The number of carboxylic acid groups (broad SMARTS) is 1. The second-order valence-electron chi connectivity index (χ2n) is 8.82. The minimum absolute atomic E-state index is 0.0767. The van der Waals surface area contributed by atoms with Crippen LogP contribution in [0.2, 0.25) is 0 Å². The highest BCUT2D eigenvalue weighted by molar-refractivity contribution is 9.11. The van der Waals surface area contributed by atoms with Gasteiger partial charge in [-0.2, -0.15) is 13.2 Å². The van der Waals surface area contributed by atoms with Gasteiger partial charge in [-0.1, -0.05) is 12.1 Å². The van der Waals surface area contributed by atoms with E-state index in [1.807, 2.05) is 0 Å². The molecule has 2 N–H and O–H groups in total. The van der Waals surface area contributed by atoms with Gasteiger partial charge in [0.25, 0.3) is 0 Å². The fourth-order valence-corrected chi connectivity index (χ4v) is 4.47. The number of halogens is 5. The second kappa shape index (κ2) is 10.6. The van der Waals surface area contributed by atoms with Crippen LogP contribution in [0.3, 0.4) is 0 Å². The molecule has 34 heavy (non-hydrogen) atoms. The summed E-state index contributed by atoms with van der Waals surface area (Å²) in [5, 5.41) is 12.1. The Hall–Kier alpha value is -2.27. The lowest BCUT2D eigenvalue weighted by Gasteiger charge is -2.29. The number of ether oxygens (including phenoxy) is 2. The van der Waals surface area contributed by atoms with Crippen LogP contribution in [0.5, 0.6) is 5.75 Å². The summed E-state index contributed by atoms with van der Waals surface area (Å²) in [7, 11) is 0. The Morgan fingerprint density at radius 2 is 1.59 bits per heavy atom. The molecule has 0 aliphatic heterocycles. The summed E-state index contributed by atoms with van der Waals surface area (Å²) in [6.45, 7) is 6.23. The number of rotatable bonds is 7. The molecule has 186 valence electrons. The van der Waals surface area contributed by atoms with Gasteiger partial charge in [0.05, 0.1) is 14.5 Å². The van der Waals surface area contributed by atoms with Crippen LogP contribution >= 0.6 is 31.9 Å². The fraction of sp³-hybridized carbons (Fsp3) is 0.391. The van der Waals surface area contributed by atoms with E-state index in [1.54, 1.807) is 32.9 Å². The van der Waals surface area contributed by atoms with Crippen LogP contribution in [0.1, 0.15) is 44.4 Å². The number of hydrogen-bond acceptors (Lipinski definition) is 4. The maximum absolute atomic E-state index is 12.9. The number of alkyl halides is 3. The van der Waals surface area contributed by atoms with E-state index in [0.29, 0.717) is 25.8 Å². The molecule has 1 unspecified atom stereocenters. The zero-order valence-corrected chi connectivity index (χ0v) is 22.0. The van der Waals surface area contributed by atoms with Crippen LogP contribution in [-0.2, 0) is 28.7 Å². The van der Waals surface area contributed by atoms with E-state index < -0.39 is 34.9 Å². The third kappa shape index (κ3) is 7.90. The quantitative estimate of drug-likeness (QED) is 0.364. The number of hydrogen-bond donors (Lipinski definition) is 2. The number of carbonyl (C=O) groups excluding carboxylic acids is 1. The lowest BCUT2D eigenvalue weighted by molar-refractivity contribution is -0.144. The van der Waals surface area contributed by atoms with Crippen molar-refractivity contribution in [2.45, 2.75) is 58.0 Å². The van der Waals surface area contributed by atoms with Gasteiger partial charge in [0.15, 0.2) is 0 Å². The van der Waals surface area contributed by atoms with Gasteiger partial charge < -0.3 is 19.9 Å². The maximum Gasteiger partial charge on any atom is 0.416 e. The van der Waals surface area contributed by atoms with Crippen molar-refractivity contribution in [1.29, 1.82) is 0 Å². The van der Waals surface area contributed by atoms with E-state index in [1.165, 1.54) is 19.1 Å². The molecule has 2 rings (SSSR count). The summed E-state index contributed by atoms with van der Waals surface area (Å²) in [5.74, 6) is -0.922. The molecule has 6 nitrogen and oxygen atoms in total. The third-order valence-corrected chi connectivity index (χ3v) is 5.68.